The summed E-state index contributed by atoms with van der Waals surface area (Å²) in [7, 11) is 0. The van der Waals surface area contributed by atoms with Gasteiger partial charge < -0.3 is 0 Å². The Morgan fingerprint density at radius 3 is 2.25 bits per heavy atom. The molecule has 1 heteroatoms. The Labute approximate surface area is 73.4 Å². The van der Waals surface area contributed by atoms with Crippen molar-refractivity contribution in [1.82, 2.24) is 0 Å². The van der Waals surface area contributed by atoms with Gasteiger partial charge >= 0.3 is 0 Å². The van der Waals surface area contributed by atoms with E-state index in [9.17, 15) is 4.39 Å². The maximum absolute atomic E-state index is 12.5. The summed E-state index contributed by atoms with van der Waals surface area (Å²) in [4.78, 5) is 0. The SMILES string of the molecule is CCc1cccc(CF)c1CC. The Balaban J connectivity index is 3.13. The Bertz CT molecular complexity index is 231. The summed E-state index contributed by atoms with van der Waals surface area (Å²) >= 11 is 0. The van der Waals surface area contributed by atoms with E-state index in [-0.39, 0.29) is 6.67 Å². The predicted molar refractivity (Wildman–Crippen MR) is 50.0 cm³/mol. The van der Waals surface area contributed by atoms with E-state index >= 15 is 0 Å². The van der Waals surface area contributed by atoms with Crippen LogP contribution in [0.1, 0.15) is 30.5 Å². The molecule has 66 valence electrons. The number of halogens is 1. The van der Waals surface area contributed by atoms with Crippen molar-refractivity contribution in [1.29, 1.82) is 0 Å². The van der Waals surface area contributed by atoms with Crippen LogP contribution in [0.3, 0.4) is 0 Å². The highest BCUT2D eigenvalue weighted by atomic mass is 19.1. The average molecular weight is 166 g/mol. The van der Waals surface area contributed by atoms with Crippen LogP contribution in [0.5, 0.6) is 0 Å². The molecule has 0 aliphatic carbocycles. The summed E-state index contributed by atoms with van der Waals surface area (Å²) < 4.78 is 12.5. The fourth-order valence-electron chi connectivity index (χ4n) is 1.60. The molecule has 1 rings (SSSR count). The minimum absolute atomic E-state index is 0.336. The van der Waals surface area contributed by atoms with Crippen molar-refractivity contribution in [2.24, 2.45) is 0 Å². The molecular weight excluding hydrogens is 151 g/mol. The quantitative estimate of drug-likeness (QED) is 0.646. The lowest BCUT2D eigenvalue weighted by atomic mass is 9.98. The van der Waals surface area contributed by atoms with Crippen molar-refractivity contribution in [3.05, 3.63) is 34.9 Å². The standard InChI is InChI=1S/C11H15F/c1-3-9-6-5-7-10(8-12)11(9)4-2/h5-7H,3-4,8H2,1-2H3. The Morgan fingerprint density at radius 2 is 1.75 bits per heavy atom. The van der Waals surface area contributed by atoms with Crippen LogP contribution < -0.4 is 0 Å². The number of benzene rings is 1. The molecule has 0 nitrogen and oxygen atoms in total. The van der Waals surface area contributed by atoms with Gasteiger partial charge in [0.2, 0.25) is 0 Å². The van der Waals surface area contributed by atoms with E-state index in [0.717, 1.165) is 18.4 Å². The Kier molecular flexibility index (Phi) is 3.27. The molecule has 0 radical (unpaired) electrons. The van der Waals surface area contributed by atoms with E-state index in [1.165, 1.54) is 11.1 Å². The summed E-state index contributed by atoms with van der Waals surface area (Å²) in [5.41, 5.74) is 3.34. The lowest BCUT2D eigenvalue weighted by Crippen LogP contribution is -1.96. The highest BCUT2D eigenvalue weighted by molar-refractivity contribution is 5.34. The highest BCUT2D eigenvalue weighted by Crippen LogP contribution is 2.17. The first-order chi connectivity index (χ1) is 5.83. The van der Waals surface area contributed by atoms with Gasteiger partial charge in [0, 0.05) is 0 Å². The first-order valence-electron chi connectivity index (χ1n) is 4.49. The lowest BCUT2D eigenvalue weighted by molar-refractivity contribution is 0.482. The molecule has 0 aromatic heterocycles. The van der Waals surface area contributed by atoms with Gasteiger partial charge in [-0.3, -0.25) is 0 Å². The number of hydrogen-bond donors (Lipinski definition) is 0. The zero-order valence-electron chi connectivity index (χ0n) is 7.73. The van der Waals surface area contributed by atoms with Crippen LogP contribution in [0, 0.1) is 0 Å². The van der Waals surface area contributed by atoms with Crippen LogP contribution in [0.25, 0.3) is 0 Å². The van der Waals surface area contributed by atoms with Crippen molar-refractivity contribution in [2.45, 2.75) is 33.4 Å². The molecule has 0 amide bonds. The molecule has 0 saturated heterocycles. The zero-order chi connectivity index (χ0) is 8.97. The smallest absolute Gasteiger partial charge is 0.115 e. The summed E-state index contributed by atoms with van der Waals surface area (Å²) in [5.74, 6) is 0. The maximum atomic E-state index is 12.5. The van der Waals surface area contributed by atoms with Gasteiger partial charge in [-0.25, -0.2) is 4.39 Å². The van der Waals surface area contributed by atoms with Crippen molar-refractivity contribution in [3.63, 3.8) is 0 Å². The second kappa shape index (κ2) is 4.24. The van der Waals surface area contributed by atoms with E-state index in [1.54, 1.807) is 0 Å². The van der Waals surface area contributed by atoms with Crippen LogP contribution in [0.15, 0.2) is 18.2 Å². The molecule has 0 spiro atoms. The van der Waals surface area contributed by atoms with Gasteiger partial charge in [-0.05, 0) is 29.5 Å². The zero-order valence-corrected chi connectivity index (χ0v) is 7.73. The summed E-state index contributed by atoms with van der Waals surface area (Å²) in [6, 6.07) is 5.89. The summed E-state index contributed by atoms with van der Waals surface area (Å²) in [6.45, 7) is 3.85. The first kappa shape index (κ1) is 9.24. The van der Waals surface area contributed by atoms with E-state index in [2.05, 4.69) is 19.9 Å². The van der Waals surface area contributed by atoms with Crippen molar-refractivity contribution in [2.75, 3.05) is 0 Å². The van der Waals surface area contributed by atoms with Crippen LogP contribution in [-0.2, 0) is 19.5 Å². The van der Waals surface area contributed by atoms with Crippen LogP contribution in [0.2, 0.25) is 0 Å². The van der Waals surface area contributed by atoms with E-state index in [1.807, 2.05) is 12.1 Å². The van der Waals surface area contributed by atoms with Gasteiger partial charge in [0.25, 0.3) is 0 Å². The number of rotatable bonds is 3. The van der Waals surface area contributed by atoms with Gasteiger partial charge in [0.15, 0.2) is 0 Å². The third-order valence-corrected chi connectivity index (χ3v) is 2.25. The minimum atomic E-state index is -0.336. The first-order valence-corrected chi connectivity index (χ1v) is 4.49. The molecule has 0 atom stereocenters. The molecule has 0 heterocycles. The normalized spacial score (nSPS) is 10.2. The van der Waals surface area contributed by atoms with Crippen LogP contribution >= 0.6 is 0 Å². The molecule has 12 heavy (non-hydrogen) atoms. The molecule has 0 N–H and O–H groups in total. The molecule has 0 fully saturated rings. The molecule has 0 unspecified atom stereocenters. The van der Waals surface area contributed by atoms with Crippen LogP contribution in [-0.4, -0.2) is 0 Å². The van der Waals surface area contributed by atoms with Gasteiger partial charge in [-0.15, -0.1) is 0 Å². The van der Waals surface area contributed by atoms with Crippen molar-refractivity contribution < 1.29 is 4.39 Å². The van der Waals surface area contributed by atoms with Crippen LogP contribution in [0.4, 0.5) is 4.39 Å². The minimum Gasteiger partial charge on any atom is -0.246 e. The third kappa shape index (κ3) is 1.66. The molecule has 0 saturated carbocycles. The third-order valence-electron chi connectivity index (χ3n) is 2.25. The van der Waals surface area contributed by atoms with E-state index < -0.39 is 0 Å². The van der Waals surface area contributed by atoms with E-state index in [4.69, 9.17) is 0 Å². The molecular formula is C11H15F. The molecule has 1 aromatic rings. The molecule has 0 aliphatic rings. The van der Waals surface area contributed by atoms with Crippen molar-refractivity contribution >= 4 is 0 Å². The summed E-state index contributed by atoms with van der Waals surface area (Å²) in [5, 5.41) is 0. The maximum Gasteiger partial charge on any atom is 0.115 e. The topological polar surface area (TPSA) is 0 Å². The fourth-order valence-corrected chi connectivity index (χ4v) is 1.60. The van der Waals surface area contributed by atoms with Gasteiger partial charge in [-0.1, -0.05) is 32.0 Å². The second-order valence-corrected chi connectivity index (χ2v) is 2.90. The molecule has 1 aromatic carbocycles. The monoisotopic (exact) mass is 166 g/mol. The summed E-state index contributed by atoms with van der Waals surface area (Å²) in [6.07, 6.45) is 1.93. The highest BCUT2D eigenvalue weighted by Gasteiger charge is 2.03. The van der Waals surface area contributed by atoms with Gasteiger partial charge in [-0.2, -0.15) is 0 Å². The van der Waals surface area contributed by atoms with Gasteiger partial charge in [0.1, 0.15) is 6.67 Å². The van der Waals surface area contributed by atoms with Gasteiger partial charge in [0.05, 0.1) is 0 Å². The predicted octanol–water partition coefficient (Wildman–Crippen LogP) is 3.28. The molecule has 0 bridgehead atoms. The molecule has 0 aliphatic heterocycles. The number of alkyl halides is 1. The number of hydrogen-bond acceptors (Lipinski definition) is 0. The number of aryl methyl sites for hydroxylation is 1. The fraction of sp³-hybridized carbons (Fsp3) is 0.455. The average Bonchev–Trinajstić information content (AvgIpc) is 2.16. The second-order valence-electron chi connectivity index (χ2n) is 2.90. The largest absolute Gasteiger partial charge is 0.246 e. The Hall–Kier alpha value is -0.850. The Morgan fingerprint density at radius 1 is 1.08 bits per heavy atom. The lowest BCUT2D eigenvalue weighted by Gasteiger charge is -2.08. The van der Waals surface area contributed by atoms with Crippen molar-refractivity contribution in [3.8, 4) is 0 Å². The van der Waals surface area contributed by atoms with E-state index in [0.29, 0.717) is 0 Å².